The fourth-order valence-corrected chi connectivity index (χ4v) is 2.10. The summed E-state index contributed by atoms with van der Waals surface area (Å²) in [6.45, 7) is 3.16. The van der Waals surface area contributed by atoms with E-state index in [1.165, 1.54) is 44.9 Å². The molecule has 0 bridgehead atoms. The van der Waals surface area contributed by atoms with Gasteiger partial charge in [0.15, 0.2) is 0 Å². The topological polar surface area (TPSA) is 35.2 Å². The van der Waals surface area contributed by atoms with Crippen molar-refractivity contribution < 1.29 is 4.74 Å². The van der Waals surface area contributed by atoms with E-state index in [-0.39, 0.29) is 0 Å². The van der Waals surface area contributed by atoms with Crippen molar-refractivity contribution in [3.05, 3.63) is 0 Å². The average Bonchev–Trinajstić information content (AvgIpc) is 2.58. The minimum atomic E-state index is 0.311. The van der Waals surface area contributed by atoms with Crippen LogP contribution >= 0.6 is 0 Å². The summed E-state index contributed by atoms with van der Waals surface area (Å²) in [5.41, 5.74) is 5.92. The molecule has 1 saturated carbocycles. The van der Waals surface area contributed by atoms with Gasteiger partial charge in [-0.1, -0.05) is 32.6 Å². The second-order valence-corrected chi connectivity index (χ2v) is 4.42. The van der Waals surface area contributed by atoms with Crippen LogP contribution in [0.5, 0.6) is 0 Å². The van der Waals surface area contributed by atoms with Gasteiger partial charge in [-0.25, -0.2) is 0 Å². The zero-order valence-electron chi connectivity index (χ0n) is 9.50. The molecule has 1 aliphatic rings. The van der Waals surface area contributed by atoms with Gasteiger partial charge in [-0.05, 0) is 25.7 Å². The van der Waals surface area contributed by atoms with Gasteiger partial charge < -0.3 is 10.5 Å². The van der Waals surface area contributed by atoms with Gasteiger partial charge in [-0.3, -0.25) is 0 Å². The van der Waals surface area contributed by atoms with E-state index in [9.17, 15) is 0 Å². The Bertz CT molecular complexity index is 138. The highest BCUT2D eigenvalue weighted by atomic mass is 16.5. The van der Waals surface area contributed by atoms with E-state index in [0.29, 0.717) is 12.1 Å². The van der Waals surface area contributed by atoms with Crippen LogP contribution in [0.25, 0.3) is 0 Å². The molecule has 1 aliphatic carbocycles. The van der Waals surface area contributed by atoms with Crippen molar-refractivity contribution in [2.45, 2.75) is 70.4 Å². The van der Waals surface area contributed by atoms with Crippen molar-refractivity contribution in [3.8, 4) is 0 Å². The average molecular weight is 199 g/mol. The van der Waals surface area contributed by atoms with Crippen LogP contribution in [0.4, 0.5) is 0 Å². The van der Waals surface area contributed by atoms with Gasteiger partial charge in [-0.2, -0.15) is 0 Å². The Labute approximate surface area is 88.2 Å². The molecular weight excluding hydrogens is 174 g/mol. The number of ether oxygens (including phenoxy) is 1. The Morgan fingerprint density at radius 3 is 2.57 bits per heavy atom. The van der Waals surface area contributed by atoms with Crippen LogP contribution < -0.4 is 5.73 Å². The van der Waals surface area contributed by atoms with Crippen LogP contribution in [0.2, 0.25) is 0 Å². The highest BCUT2D eigenvalue weighted by Gasteiger charge is 2.23. The SMILES string of the molecule is CCCCCCCOC1CCCC1N. The van der Waals surface area contributed by atoms with Crippen molar-refractivity contribution in [3.63, 3.8) is 0 Å². The molecule has 84 valence electrons. The molecular formula is C12H25NO. The Hall–Kier alpha value is -0.0800. The van der Waals surface area contributed by atoms with Crippen LogP contribution in [0, 0.1) is 0 Å². The first-order chi connectivity index (χ1) is 6.84. The number of hydrogen-bond donors (Lipinski definition) is 1. The van der Waals surface area contributed by atoms with Crippen LogP contribution in [0.15, 0.2) is 0 Å². The van der Waals surface area contributed by atoms with Gasteiger partial charge in [0.2, 0.25) is 0 Å². The molecule has 0 aromatic carbocycles. The van der Waals surface area contributed by atoms with Gasteiger partial charge >= 0.3 is 0 Å². The molecule has 2 heteroatoms. The standard InChI is InChI=1S/C12H25NO/c1-2-3-4-5-6-10-14-12-9-7-8-11(12)13/h11-12H,2-10,13H2,1H3. The van der Waals surface area contributed by atoms with Crippen LogP contribution in [0.3, 0.4) is 0 Å². The van der Waals surface area contributed by atoms with Crippen molar-refractivity contribution in [1.29, 1.82) is 0 Å². The Morgan fingerprint density at radius 1 is 1.14 bits per heavy atom. The van der Waals surface area contributed by atoms with Gasteiger partial charge in [-0.15, -0.1) is 0 Å². The molecule has 2 N–H and O–H groups in total. The van der Waals surface area contributed by atoms with E-state index >= 15 is 0 Å². The highest BCUT2D eigenvalue weighted by molar-refractivity contribution is 4.80. The molecule has 2 nitrogen and oxygen atoms in total. The third-order valence-corrected chi connectivity index (χ3v) is 3.08. The van der Waals surface area contributed by atoms with Gasteiger partial charge in [0.25, 0.3) is 0 Å². The second-order valence-electron chi connectivity index (χ2n) is 4.42. The van der Waals surface area contributed by atoms with E-state index in [0.717, 1.165) is 13.0 Å². The van der Waals surface area contributed by atoms with Crippen LogP contribution in [-0.4, -0.2) is 18.8 Å². The summed E-state index contributed by atoms with van der Waals surface area (Å²) >= 11 is 0. The summed E-state index contributed by atoms with van der Waals surface area (Å²) in [5.74, 6) is 0. The summed E-state index contributed by atoms with van der Waals surface area (Å²) in [6.07, 6.45) is 10.5. The van der Waals surface area contributed by atoms with Crippen LogP contribution in [0.1, 0.15) is 58.3 Å². The lowest BCUT2D eigenvalue weighted by Crippen LogP contribution is -2.31. The lowest BCUT2D eigenvalue weighted by atomic mass is 10.1. The summed E-state index contributed by atoms with van der Waals surface area (Å²) in [6, 6.07) is 0.311. The third-order valence-electron chi connectivity index (χ3n) is 3.08. The van der Waals surface area contributed by atoms with Crippen molar-refractivity contribution in [2.24, 2.45) is 5.73 Å². The maximum Gasteiger partial charge on any atom is 0.0725 e. The predicted molar refractivity (Wildman–Crippen MR) is 60.3 cm³/mol. The normalized spacial score (nSPS) is 27.0. The molecule has 1 rings (SSSR count). The van der Waals surface area contributed by atoms with Crippen molar-refractivity contribution in [2.75, 3.05) is 6.61 Å². The lowest BCUT2D eigenvalue weighted by molar-refractivity contribution is 0.0455. The smallest absolute Gasteiger partial charge is 0.0725 e. The number of nitrogens with two attached hydrogens (primary N) is 1. The second kappa shape index (κ2) is 7.24. The Balaban J connectivity index is 1.88. The maximum absolute atomic E-state index is 5.92. The first-order valence-corrected chi connectivity index (χ1v) is 6.21. The maximum atomic E-state index is 5.92. The molecule has 0 aromatic rings. The molecule has 0 aromatic heterocycles. The molecule has 0 heterocycles. The fraction of sp³-hybridized carbons (Fsp3) is 1.00. The monoisotopic (exact) mass is 199 g/mol. The summed E-state index contributed by atoms with van der Waals surface area (Å²) in [5, 5.41) is 0. The molecule has 0 spiro atoms. The van der Waals surface area contributed by atoms with E-state index in [1.54, 1.807) is 0 Å². The van der Waals surface area contributed by atoms with Gasteiger partial charge in [0.05, 0.1) is 6.10 Å². The van der Waals surface area contributed by atoms with Gasteiger partial charge in [0.1, 0.15) is 0 Å². The van der Waals surface area contributed by atoms with Crippen molar-refractivity contribution in [1.82, 2.24) is 0 Å². The first kappa shape index (κ1) is 12.0. The largest absolute Gasteiger partial charge is 0.377 e. The Morgan fingerprint density at radius 2 is 1.93 bits per heavy atom. The predicted octanol–water partition coefficient (Wildman–Crippen LogP) is 2.85. The molecule has 0 aliphatic heterocycles. The van der Waals surface area contributed by atoms with Crippen LogP contribution in [-0.2, 0) is 4.74 Å². The number of hydrogen-bond acceptors (Lipinski definition) is 2. The van der Waals surface area contributed by atoms with E-state index in [4.69, 9.17) is 10.5 Å². The zero-order valence-corrected chi connectivity index (χ0v) is 9.50. The summed E-state index contributed by atoms with van der Waals surface area (Å²) in [7, 11) is 0. The van der Waals surface area contributed by atoms with Crippen molar-refractivity contribution >= 4 is 0 Å². The summed E-state index contributed by atoms with van der Waals surface area (Å²) < 4.78 is 5.77. The minimum Gasteiger partial charge on any atom is -0.377 e. The minimum absolute atomic E-state index is 0.311. The highest BCUT2D eigenvalue weighted by Crippen LogP contribution is 2.20. The lowest BCUT2D eigenvalue weighted by Gasteiger charge is -2.16. The van der Waals surface area contributed by atoms with Gasteiger partial charge in [0, 0.05) is 12.6 Å². The van der Waals surface area contributed by atoms with E-state index in [2.05, 4.69) is 6.92 Å². The molecule has 1 fully saturated rings. The Kier molecular flexibility index (Phi) is 6.20. The molecule has 0 saturated heterocycles. The molecule has 0 amide bonds. The van der Waals surface area contributed by atoms with E-state index in [1.807, 2.05) is 0 Å². The first-order valence-electron chi connectivity index (χ1n) is 6.21. The quantitative estimate of drug-likeness (QED) is 0.640. The fourth-order valence-electron chi connectivity index (χ4n) is 2.10. The van der Waals surface area contributed by atoms with E-state index < -0.39 is 0 Å². The third kappa shape index (κ3) is 4.43. The number of unbranched alkanes of at least 4 members (excludes halogenated alkanes) is 4. The molecule has 2 unspecified atom stereocenters. The molecule has 2 atom stereocenters. The molecule has 14 heavy (non-hydrogen) atoms. The number of rotatable bonds is 7. The summed E-state index contributed by atoms with van der Waals surface area (Å²) in [4.78, 5) is 0. The molecule has 0 radical (unpaired) electrons. The zero-order chi connectivity index (χ0) is 10.2.